The van der Waals surface area contributed by atoms with Crippen molar-refractivity contribution in [3.05, 3.63) is 157 Å². The van der Waals surface area contributed by atoms with E-state index in [1.54, 1.807) is 0 Å². The Bertz CT molecular complexity index is 4050. The molecule has 204 valence electrons. The van der Waals surface area contributed by atoms with E-state index in [9.17, 15) is 8.22 Å². The second-order valence-corrected chi connectivity index (χ2v) is 9.76. The van der Waals surface area contributed by atoms with Gasteiger partial charge in [-0.25, -0.2) is 0 Å². The maximum absolute atomic E-state index is 9.88. The van der Waals surface area contributed by atoms with Gasteiger partial charge in [0.15, 0.2) is 0 Å². The molecular formula is C42H26N2. The third-order valence-corrected chi connectivity index (χ3v) is 7.47. The van der Waals surface area contributed by atoms with Gasteiger partial charge in [0, 0.05) is 38.0 Å². The lowest BCUT2D eigenvalue weighted by atomic mass is 9.98. The molecule has 2 nitrogen and oxygen atoms in total. The van der Waals surface area contributed by atoms with Crippen molar-refractivity contribution in [2.45, 2.75) is 0 Å². The summed E-state index contributed by atoms with van der Waals surface area (Å²) in [5.41, 5.74) is -5.87. The molecule has 3 heterocycles. The van der Waals surface area contributed by atoms with Crippen molar-refractivity contribution in [2.75, 3.05) is 0 Å². The molecule has 7 aromatic carbocycles. The SMILES string of the molecule is [2H]c1c([2H])c([2H])c(-c2c([2H])c([2H])c([2H])c(-n3c4c([2H])c([2H])c([2H])c([2H])c4c4c([2H])c(-c5c([2H])c6c7c([2H])c([2H])c([2H])c([2H])c7n7c8c([2H])c([2H])c([2H])c([2H])c8c(c5[2H])c67)c([2H])c([2H])c43)c2[2H])c([2H])c1[2H]. The summed E-state index contributed by atoms with van der Waals surface area (Å²) in [5.74, 6) is 0. The number of para-hydroxylation sites is 3. The maximum atomic E-state index is 9.88. The van der Waals surface area contributed by atoms with Crippen LogP contribution in [-0.2, 0) is 0 Å². The van der Waals surface area contributed by atoms with Crippen LogP contribution in [0.2, 0.25) is 0 Å². The molecule has 0 aliphatic heterocycles. The van der Waals surface area contributed by atoms with E-state index in [1.807, 2.05) is 0 Å². The van der Waals surface area contributed by atoms with E-state index in [1.165, 1.54) is 0 Å². The summed E-state index contributed by atoms with van der Waals surface area (Å²) < 4.78 is 234. The molecule has 0 N–H and O–H groups in total. The van der Waals surface area contributed by atoms with Crippen molar-refractivity contribution in [1.29, 1.82) is 0 Å². The van der Waals surface area contributed by atoms with Crippen molar-refractivity contribution in [3.8, 4) is 27.9 Å². The van der Waals surface area contributed by atoms with Crippen LogP contribution in [0.5, 0.6) is 0 Å². The molecule has 0 amide bonds. The minimum Gasteiger partial charge on any atom is -0.309 e. The molecule has 0 spiro atoms. The van der Waals surface area contributed by atoms with Crippen LogP contribution in [-0.4, -0.2) is 8.97 Å². The Morgan fingerprint density at radius 2 is 0.864 bits per heavy atom. The molecule has 0 aliphatic carbocycles. The standard InChI is InChI=1S/C42H26N2/c1-2-11-27(12-3-1)28-13-10-14-31(23-28)43-38-18-7-4-15-32(38)35-24-29(21-22-41(35)43)30-25-36-33-16-5-8-19-39(33)44-40-20-9-6-17-34(40)37(26-30)42(36)44/h1-26H/i1D,2D,3D,4D,5D,6D,7D,8D,9D,10D,11D,12D,13D,14D,15D,16D,17D,18D,19D,20D,21D,22D,23D,24D,25D,26D. The summed E-state index contributed by atoms with van der Waals surface area (Å²) in [5, 5.41) is -2.48. The van der Waals surface area contributed by atoms with Gasteiger partial charge in [0.05, 0.1) is 63.2 Å². The van der Waals surface area contributed by atoms with Gasteiger partial charge < -0.3 is 8.97 Å². The Balaban J connectivity index is 1.46. The monoisotopic (exact) mass is 584 g/mol. The van der Waals surface area contributed by atoms with Crippen LogP contribution in [0.25, 0.3) is 87.8 Å². The first-order chi connectivity index (χ1) is 32.7. The first-order valence-electron chi connectivity index (χ1n) is 26.1. The number of fused-ring (bicyclic) bond motifs is 9. The molecule has 0 bridgehead atoms. The predicted molar refractivity (Wildman–Crippen MR) is 186 cm³/mol. The van der Waals surface area contributed by atoms with Crippen LogP contribution in [0.1, 0.15) is 35.6 Å². The summed E-state index contributed by atoms with van der Waals surface area (Å²) in [7, 11) is 0. The summed E-state index contributed by atoms with van der Waals surface area (Å²) in [6.45, 7) is 0. The zero-order chi connectivity index (χ0) is 51.4. The second-order valence-electron chi connectivity index (χ2n) is 9.76. The van der Waals surface area contributed by atoms with Crippen LogP contribution in [0, 0.1) is 0 Å². The number of aromatic nitrogens is 2. The van der Waals surface area contributed by atoms with Crippen molar-refractivity contribution < 1.29 is 35.6 Å². The highest BCUT2D eigenvalue weighted by Gasteiger charge is 2.19. The second kappa shape index (κ2) is 8.82. The molecule has 3 aromatic heterocycles. The maximum Gasteiger partial charge on any atom is 0.0651 e. The Hall–Kier alpha value is -5.86. The van der Waals surface area contributed by atoms with E-state index in [0.29, 0.717) is 0 Å². The Labute approximate surface area is 290 Å². The summed E-state index contributed by atoms with van der Waals surface area (Å²) in [6.07, 6.45) is 0. The number of hydrogen-bond donors (Lipinski definition) is 0. The average molecular weight is 585 g/mol. The minimum atomic E-state index is -0.997. The lowest BCUT2D eigenvalue weighted by Crippen LogP contribution is -1.94. The topological polar surface area (TPSA) is 9.34 Å². The van der Waals surface area contributed by atoms with Crippen LogP contribution in [0.3, 0.4) is 0 Å². The molecule has 44 heavy (non-hydrogen) atoms. The molecule has 10 aromatic rings. The van der Waals surface area contributed by atoms with E-state index in [2.05, 4.69) is 0 Å². The molecule has 0 saturated carbocycles. The number of rotatable bonds is 3. The average Bonchev–Trinajstić information content (AvgIpc) is 3.99. The van der Waals surface area contributed by atoms with Crippen molar-refractivity contribution in [1.82, 2.24) is 8.97 Å². The van der Waals surface area contributed by atoms with E-state index < -0.39 is 207 Å². The Morgan fingerprint density at radius 3 is 1.57 bits per heavy atom. The van der Waals surface area contributed by atoms with E-state index in [-0.39, 0.29) is 38.1 Å². The van der Waals surface area contributed by atoms with Gasteiger partial charge in [0.2, 0.25) is 0 Å². The Kier molecular flexibility index (Phi) is 1.97. The molecule has 0 unspecified atom stereocenters. The summed E-state index contributed by atoms with van der Waals surface area (Å²) in [4.78, 5) is 0. The van der Waals surface area contributed by atoms with Gasteiger partial charge in [-0.2, -0.15) is 0 Å². The molecule has 0 saturated heterocycles. The first-order valence-corrected chi connectivity index (χ1v) is 13.1. The molecular weight excluding hydrogens is 532 g/mol. The number of benzene rings is 7. The molecule has 0 atom stereocenters. The van der Waals surface area contributed by atoms with Gasteiger partial charge in [-0.15, -0.1) is 0 Å². The zero-order valence-electron chi connectivity index (χ0n) is 47.9. The third-order valence-electron chi connectivity index (χ3n) is 7.47. The molecule has 0 aliphatic rings. The van der Waals surface area contributed by atoms with Crippen molar-refractivity contribution in [2.24, 2.45) is 0 Å². The van der Waals surface area contributed by atoms with Crippen LogP contribution in [0.4, 0.5) is 0 Å². The number of nitrogens with zero attached hydrogens (tertiary/aromatic N) is 2. The molecule has 0 fully saturated rings. The van der Waals surface area contributed by atoms with Gasteiger partial charge in [-0.3, -0.25) is 0 Å². The van der Waals surface area contributed by atoms with Gasteiger partial charge in [0.1, 0.15) is 0 Å². The van der Waals surface area contributed by atoms with E-state index in [4.69, 9.17) is 27.4 Å². The van der Waals surface area contributed by atoms with Crippen molar-refractivity contribution >= 4 is 59.9 Å². The Morgan fingerprint density at radius 1 is 0.341 bits per heavy atom. The highest BCUT2D eigenvalue weighted by molar-refractivity contribution is 6.24. The van der Waals surface area contributed by atoms with Crippen LogP contribution in [0.15, 0.2) is 157 Å². The molecule has 10 rings (SSSR count). The molecule has 2 heteroatoms. The smallest absolute Gasteiger partial charge is 0.0651 e. The van der Waals surface area contributed by atoms with Gasteiger partial charge in [-0.05, 0) is 76.6 Å². The summed E-state index contributed by atoms with van der Waals surface area (Å²) in [6, 6.07) is -21.9. The predicted octanol–water partition coefficient (Wildman–Crippen LogP) is 11.3. The van der Waals surface area contributed by atoms with Gasteiger partial charge >= 0.3 is 0 Å². The van der Waals surface area contributed by atoms with Crippen LogP contribution >= 0.6 is 0 Å². The minimum absolute atomic E-state index is 0.191. The fourth-order valence-corrected chi connectivity index (χ4v) is 5.69. The fourth-order valence-electron chi connectivity index (χ4n) is 5.69. The quantitative estimate of drug-likeness (QED) is 0.195. The first kappa shape index (κ1) is 9.83. The normalized spacial score (nSPS) is 20.4. The lowest BCUT2D eigenvalue weighted by molar-refractivity contribution is 1.18. The zero-order valence-corrected chi connectivity index (χ0v) is 21.9. The van der Waals surface area contributed by atoms with Gasteiger partial charge in [0.25, 0.3) is 0 Å². The van der Waals surface area contributed by atoms with Crippen molar-refractivity contribution in [3.63, 3.8) is 0 Å². The van der Waals surface area contributed by atoms with E-state index in [0.717, 1.165) is 8.97 Å². The highest BCUT2D eigenvalue weighted by Crippen LogP contribution is 2.42. The molecule has 0 radical (unpaired) electrons. The fraction of sp³-hybridized carbons (Fsp3) is 0. The van der Waals surface area contributed by atoms with E-state index >= 15 is 0 Å². The third kappa shape index (κ3) is 3.20. The highest BCUT2D eigenvalue weighted by atomic mass is 15.0. The van der Waals surface area contributed by atoms with Gasteiger partial charge in [-0.1, -0.05) is 103 Å². The lowest BCUT2D eigenvalue weighted by Gasteiger charge is -2.11. The largest absolute Gasteiger partial charge is 0.309 e. The van der Waals surface area contributed by atoms with Crippen LogP contribution < -0.4 is 0 Å². The summed E-state index contributed by atoms with van der Waals surface area (Å²) >= 11 is 0. The number of hydrogen-bond acceptors (Lipinski definition) is 0.